The minimum Gasteiger partial charge on any atom is -0.359 e. The van der Waals surface area contributed by atoms with Gasteiger partial charge in [0.2, 0.25) is 0 Å². The van der Waals surface area contributed by atoms with Gasteiger partial charge in [0.1, 0.15) is 17.7 Å². The third-order valence-electron chi connectivity index (χ3n) is 3.10. The zero-order valence-electron chi connectivity index (χ0n) is 12.0. The van der Waals surface area contributed by atoms with E-state index in [9.17, 15) is 4.79 Å². The molecular formula is C18H13N3O. The zero-order valence-corrected chi connectivity index (χ0v) is 12.0. The van der Waals surface area contributed by atoms with Crippen molar-refractivity contribution in [2.45, 2.75) is 6.92 Å². The van der Waals surface area contributed by atoms with Crippen LogP contribution in [-0.4, -0.2) is 5.78 Å². The van der Waals surface area contributed by atoms with E-state index in [0.29, 0.717) is 16.8 Å². The lowest BCUT2D eigenvalue weighted by atomic mass is 10.0. The highest BCUT2D eigenvalue weighted by molar-refractivity contribution is 6.12. The molecule has 2 aromatic rings. The molecule has 2 aromatic carbocycles. The molecule has 0 amide bonds. The number of aryl methyl sites for hydroxylation is 1. The van der Waals surface area contributed by atoms with Gasteiger partial charge in [0, 0.05) is 23.0 Å². The van der Waals surface area contributed by atoms with Gasteiger partial charge in [-0.1, -0.05) is 42.0 Å². The second kappa shape index (κ2) is 6.88. The second-order valence-corrected chi connectivity index (χ2v) is 4.67. The summed E-state index contributed by atoms with van der Waals surface area (Å²) in [5.41, 5.74) is 2.65. The Labute approximate surface area is 128 Å². The molecule has 0 saturated heterocycles. The highest BCUT2D eigenvalue weighted by atomic mass is 16.1. The van der Waals surface area contributed by atoms with Crippen LogP contribution in [0.1, 0.15) is 21.5 Å². The van der Waals surface area contributed by atoms with Gasteiger partial charge in [-0.05, 0) is 19.1 Å². The maximum atomic E-state index is 12.6. The summed E-state index contributed by atoms with van der Waals surface area (Å²) in [7, 11) is 0. The van der Waals surface area contributed by atoms with Gasteiger partial charge in [-0.15, -0.1) is 0 Å². The Kier molecular flexibility index (Phi) is 4.70. The Hall–Kier alpha value is -3.37. The standard InChI is InChI=1S/C18H13N3O/c1-13-6-8-15(9-7-13)18(22)16-4-2-3-5-17(16)21-12-14(10-19)11-20/h2-9,12,21H,1H3. The molecule has 2 rings (SSSR count). The van der Waals surface area contributed by atoms with Crippen molar-refractivity contribution < 1.29 is 4.79 Å². The molecule has 0 saturated carbocycles. The second-order valence-electron chi connectivity index (χ2n) is 4.67. The van der Waals surface area contributed by atoms with Gasteiger partial charge < -0.3 is 5.32 Å². The average molecular weight is 287 g/mol. The fraction of sp³-hybridized carbons (Fsp3) is 0.0556. The Morgan fingerprint density at radius 3 is 2.32 bits per heavy atom. The molecule has 0 aliphatic carbocycles. The lowest BCUT2D eigenvalue weighted by Gasteiger charge is -2.08. The molecule has 0 fully saturated rings. The summed E-state index contributed by atoms with van der Waals surface area (Å²) in [6.45, 7) is 1.96. The lowest BCUT2D eigenvalue weighted by Crippen LogP contribution is -2.05. The summed E-state index contributed by atoms with van der Waals surface area (Å²) in [5.74, 6) is -0.119. The van der Waals surface area contributed by atoms with E-state index in [1.807, 2.05) is 19.1 Å². The predicted octanol–water partition coefficient (Wildman–Crippen LogP) is 3.57. The van der Waals surface area contributed by atoms with Crippen molar-refractivity contribution in [2.24, 2.45) is 0 Å². The highest BCUT2D eigenvalue weighted by Gasteiger charge is 2.12. The number of hydrogen-bond acceptors (Lipinski definition) is 4. The number of nitrogens with zero attached hydrogens (tertiary/aromatic N) is 2. The van der Waals surface area contributed by atoms with E-state index < -0.39 is 0 Å². The van der Waals surface area contributed by atoms with Crippen LogP contribution in [0.25, 0.3) is 0 Å². The van der Waals surface area contributed by atoms with Crippen LogP contribution in [0, 0.1) is 29.6 Å². The summed E-state index contributed by atoms with van der Waals surface area (Å²) in [4.78, 5) is 12.6. The average Bonchev–Trinajstić information content (AvgIpc) is 2.56. The first-order chi connectivity index (χ1) is 10.7. The quantitative estimate of drug-likeness (QED) is 0.689. The van der Waals surface area contributed by atoms with E-state index in [4.69, 9.17) is 10.5 Å². The number of benzene rings is 2. The molecule has 0 aromatic heterocycles. The topological polar surface area (TPSA) is 76.7 Å². The minimum absolute atomic E-state index is 0.0578. The van der Waals surface area contributed by atoms with Gasteiger partial charge in [-0.25, -0.2) is 0 Å². The number of carbonyl (C=O) groups excluding carboxylic acids is 1. The summed E-state index contributed by atoms with van der Waals surface area (Å²) < 4.78 is 0. The number of nitriles is 2. The number of para-hydroxylation sites is 1. The molecule has 4 heteroatoms. The first kappa shape index (κ1) is 15.0. The Balaban J connectivity index is 2.35. The molecule has 0 spiro atoms. The molecular weight excluding hydrogens is 274 g/mol. The van der Waals surface area contributed by atoms with Crippen molar-refractivity contribution in [1.82, 2.24) is 0 Å². The van der Waals surface area contributed by atoms with E-state index in [0.717, 1.165) is 5.56 Å². The van der Waals surface area contributed by atoms with Crippen molar-refractivity contribution in [3.8, 4) is 12.1 Å². The van der Waals surface area contributed by atoms with E-state index in [1.54, 1.807) is 48.5 Å². The van der Waals surface area contributed by atoms with Crippen LogP contribution in [0.4, 0.5) is 5.69 Å². The maximum Gasteiger partial charge on any atom is 0.195 e. The summed E-state index contributed by atoms with van der Waals surface area (Å²) in [6, 6.07) is 17.8. The SMILES string of the molecule is Cc1ccc(C(=O)c2ccccc2NC=C(C#N)C#N)cc1. The van der Waals surface area contributed by atoms with E-state index in [2.05, 4.69) is 5.32 Å². The zero-order chi connectivity index (χ0) is 15.9. The molecule has 4 nitrogen and oxygen atoms in total. The van der Waals surface area contributed by atoms with Crippen LogP contribution in [0.3, 0.4) is 0 Å². The molecule has 0 atom stereocenters. The van der Waals surface area contributed by atoms with Crippen LogP contribution in [-0.2, 0) is 0 Å². The Morgan fingerprint density at radius 2 is 1.68 bits per heavy atom. The predicted molar refractivity (Wildman–Crippen MR) is 84.0 cm³/mol. The Morgan fingerprint density at radius 1 is 1.05 bits per heavy atom. The van der Waals surface area contributed by atoms with Gasteiger partial charge in [0.15, 0.2) is 5.78 Å². The monoisotopic (exact) mass is 287 g/mol. The van der Waals surface area contributed by atoms with Crippen LogP contribution < -0.4 is 5.32 Å². The minimum atomic E-state index is -0.119. The van der Waals surface area contributed by atoms with E-state index in [1.165, 1.54) is 6.20 Å². The van der Waals surface area contributed by atoms with Gasteiger partial charge in [0.25, 0.3) is 0 Å². The lowest BCUT2D eigenvalue weighted by molar-refractivity contribution is 0.103. The smallest absolute Gasteiger partial charge is 0.195 e. The Bertz CT molecular complexity index is 789. The van der Waals surface area contributed by atoms with Crippen LogP contribution >= 0.6 is 0 Å². The van der Waals surface area contributed by atoms with Crippen molar-refractivity contribution in [1.29, 1.82) is 10.5 Å². The first-order valence-electron chi connectivity index (χ1n) is 6.63. The van der Waals surface area contributed by atoms with Crippen molar-refractivity contribution in [2.75, 3.05) is 5.32 Å². The van der Waals surface area contributed by atoms with Crippen LogP contribution in [0.5, 0.6) is 0 Å². The molecule has 0 aliphatic heterocycles. The number of ketones is 1. The van der Waals surface area contributed by atoms with Crippen molar-refractivity contribution in [3.05, 3.63) is 77.0 Å². The van der Waals surface area contributed by atoms with Gasteiger partial charge in [0.05, 0.1) is 0 Å². The van der Waals surface area contributed by atoms with Gasteiger partial charge >= 0.3 is 0 Å². The van der Waals surface area contributed by atoms with Gasteiger partial charge in [-0.3, -0.25) is 4.79 Å². The van der Waals surface area contributed by atoms with Crippen LogP contribution in [0.2, 0.25) is 0 Å². The third-order valence-corrected chi connectivity index (χ3v) is 3.10. The summed E-state index contributed by atoms with van der Waals surface area (Å²) in [6.07, 6.45) is 1.29. The highest BCUT2D eigenvalue weighted by Crippen LogP contribution is 2.20. The van der Waals surface area contributed by atoms with E-state index in [-0.39, 0.29) is 11.4 Å². The normalized spacial score (nSPS) is 9.23. The molecule has 1 N–H and O–H groups in total. The first-order valence-corrected chi connectivity index (χ1v) is 6.63. The number of anilines is 1. The number of carbonyl (C=O) groups is 1. The number of rotatable bonds is 4. The number of allylic oxidation sites excluding steroid dienone is 1. The third kappa shape index (κ3) is 3.39. The van der Waals surface area contributed by atoms with Gasteiger partial charge in [-0.2, -0.15) is 10.5 Å². The molecule has 106 valence electrons. The summed E-state index contributed by atoms with van der Waals surface area (Å²) in [5, 5.41) is 20.3. The van der Waals surface area contributed by atoms with E-state index >= 15 is 0 Å². The molecule has 0 radical (unpaired) electrons. The fourth-order valence-corrected chi connectivity index (χ4v) is 1.91. The van der Waals surface area contributed by atoms with Crippen LogP contribution in [0.15, 0.2) is 60.3 Å². The number of nitrogens with one attached hydrogen (secondary N) is 1. The summed E-state index contributed by atoms with van der Waals surface area (Å²) >= 11 is 0. The number of hydrogen-bond donors (Lipinski definition) is 1. The van der Waals surface area contributed by atoms with Crippen molar-refractivity contribution in [3.63, 3.8) is 0 Å². The molecule has 0 bridgehead atoms. The molecule has 0 aliphatic rings. The largest absolute Gasteiger partial charge is 0.359 e. The van der Waals surface area contributed by atoms with Crippen molar-refractivity contribution >= 4 is 11.5 Å². The fourth-order valence-electron chi connectivity index (χ4n) is 1.91. The maximum absolute atomic E-state index is 12.6. The molecule has 0 unspecified atom stereocenters. The molecule has 0 heterocycles. The molecule has 22 heavy (non-hydrogen) atoms.